The quantitative estimate of drug-likeness (QED) is 0.210. The lowest BCUT2D eigenvalue weighted by atomic mass is 9.89. The SMILES string of the molecule is O=c1c2cccc3c(-c4ccccc4)ccc(c32)c2nc3c(-c4ccccc4)c(-c4ccccc4)cc(-c4ccccc4)c3n12. The summed E-state index contributed by atoms with van der Waals surface area (Å²) in [6.07, 6.45) is 0. The average Bonchev–Trinajstić information content (AvgIpc) is 3.52. The van der Waals surface area contributed by atoms with Gasteiger partial charge in [-0.3, -0.25) is 9.20 Å². The van der Waals surface area contributed by atoms with Crippen molar-refractivity contribution in [1.29, 1.82) is 0 Å². The van der Waals surface area contributed by atoms with Gasteiger partial charge in [-0.25, -0.2) is 4.98 Å². The Labute approximate surface area is 259 Å². The van der Waals surface area contributed by atoms with Crippen molar-refractivity contribution in [3.63, 3.8) is 0 Å². The molecule has 0 spiro atoms. The minimum absolute atomic E-state index is 0.0561. The molecule has 0 bridgehead atoms. The van der Waals surface area contributed by atoms with Crippen LogP contribution in [0.15, 0.2) is 163 Å². The zero-order valence-electron chi connectivity index (χ0n) is 24.3. The highest BCUT2D eigenvalue weighted by atomic mass is 16.1. The van der Waals surface area contributed by atoms with Crippen molar-refractivity contribution in [2.24, 2.45) is 0 Å². The second kappa shape index (κ2) is 10.0. The van der Waals surface area contributed by atoms with Gasteiger partial charge in [0.25, 0.3) is 5.56 Å². The van der Waals surface area contributed by atoms with E-state index in [0.29, 0.717) is 11.0 Å². The van der Waals surface area contributed by atoms with Crippen LogP contribution < -0.4 is 5.56 Å². The monoisotopic (exact) mass is 574 g/mol. The van der Waals surface area contributed by atoms with E-state index in [1.165, 1.54) is 0 Å². The van der Waals surface area contributed by atoms with E-state index in [1.54, 1.807) is 0 Å². The number of hydrogen-bond acceptors (Lipinski definition) is 2. The third kappa shape index (κ3) is 3.84. The highest BCUT2D eigenvalue weighted by Crippen LogP contribution is 2.44. The molecule has 9 aromatic rings. The molecule has 7 aromatic carbocycles. The fraction of sp³-hybridized carbons (Fsp3) is 0. The number of hydrogen-bond donors (Lipinski definition) is 0. The van der Waals surface area contributed by atoms with E-state index >= 15 is 0 Å². The molecular weight excluding hydrogens is 548 g/mol. The first-order valence-corrected chi connectivity index (χ1v) is 15.2. The summed E-state index contributed by atoms with van der Waals surface area (Å²) in [5, 5.41) is 3.67. The van der Waals surface area contributed by atoms with Crippen molar-refractivity contribution in [1.82, 2.24) is 9.38 Å². The summed E-state index contributed by atoms with van der Waals surface area (Å²) in [6.45, 7) is 0. The van der Waals surface area contributed by atoms with Crippen LogP contribution in [0.4, 0.5) is 0 Å². The number of aromatic nitrogens is 2. The Morgan fingerprint density at radius 1 is 0.444 bits per heavy atom. The van der Waals surface area contributed by atoms with Crippen LogP contribution in [0.1, 0.15) is 0 Å². The molecule has 0 radical (unpaired) electrons. The maximum absolute atomic E-state index is 14.7. The molecule has 3 nitrogen and oxygen atoms in total. The van der Waals surface area contributed by atoms with E-state index in [1.807, 2.05) is 52.9 Å². The Hall–Kier alpha value is -6.06. The Morgan fingerprint density at radius 3 is 1.60 bits per heavy atom. The van der Waals surface area contributed by atoms with Gasteiger partial charge in [0.15, 0.2) is 0 Å². The van der Waals surface area contributed by atoms with Gasteiger partial charge < -0.3 is 0 Å². The smallest absolute Gasteiger partial charge is 0.264 e. The fourth-order valence-corrected chi connectivity index (χ4v) is 6.98. The zero-order chi connectivity index (χ0) is 29.9. The Kier molecular flexibility index (Phi) is 5.66. The number of fused-ring (bicyclic) bond motifs is 4. The van der Waals surface area contributed by atoms with Gasteiger partial charge in [-0.1, -0.05) is 140 Å². The highest BCUT2D eigenvalue weighted by Gasteiger charge is 2.24. The standard InChI is InChI=1S/C42H26N2O/c45-42-34-23-13-22-32-31(27-14-5-1-6-15-27)24-25-33(38(32)34)41-43-39-37(30-20-11-4-12-21-30)35(28-16-7-2-8-17-28)26-36(40(39)44(41)42)29-18-9-3-10-19-29/h1-26H. The number of nitrogens with zero attached hydrogens (tertiary/aromatic N) is 2. The molecule has 3 heteroatoms. The predicted octanol–water partition coefficient (Wildman–Crippen LogP) is 10.3. The summed E-state index contributed by atoms with van der Waals surface area (Å²) in [4.78, 5) is 20.1. The lowest BCUT2D eigenvalue weighted by Crippen LogP contribution is -2.13. The predicted molar refractivity (Wildman–Crippen MR) is 187 cm³/mol. The first-order valence-electron chi connectivity index (χ1n) is 15.2. The fourth-order valence-electron chi connectivity index (χ4n) is 6.98. The molecule has 9 rings (SSSR count). The molecule has 0 saturated heterocycles. The zero-order valence-corrected chi connectivity index (χ0v) is 24.3. The maximum atomic E-state index is 14.7. The summed E-state index contributed by atoms with van der Waals surface area (Å²) >= 11 is 0. The highest BCUT2D eigenvalue weighted by molar-refractivity contribution is 6.20. The third-order valence-corrected chi connectivity index (χ3v) is 8.96. The molecule has 0 aliphatic heterocycles. The van der Waals surface area contributed by atoms with Gasteiger partial charge in [0.1, 0.15) is 5.65 Å². The average molecular weight is 575 g/mol. The van der Waals surface area contributed by atoms with E-state index in [0.717, 1.165) is 71.7 Å². The Balaban J connectivity index is 1.51. The molecule has 0 atom stereocenters. The van der Waals surface area contributed by atoms with Crippen LogP contribution in [0.25, 0.3) is 82.7 Å². The maximum Gasteiger partial charge on any atom is 0.264 e. The molecule has 2 heterocycles. The van der Waals surface area contributed by atoms with Crippen LogP contribution in [-0.4, -0.2) is 9.38 Å². The Morgan fingerprint density at radius 2 is 0.978 bits per heavy atom. The van der Waals surface area contributed by atoms with Crippen LogP contribution in [0.5, 0.6) is 0 Å². The van der Waals surface area contributed by atoms with Crippen molar-refractivity contribution >= 4 is 38.2 Å². The van der Waals surface area contributed by atoms with Gasteiger partial charge in [0, 0.05) is 27.3 Å². The molecule has 0 saturated carbocycles. The molecule has 210 valence electrons. The van der Waals surface area contributed by atoms with Crippen LogP contribution in [0, 0.1) is 0 Å². The third-order valence-electron chi connectivity index (χ3n) is 8.96. The van der Waals surface area contributed by atoms with Crippen LogP contribution in [0.2, 0.25) is 0 Å². The topological polar surface area (TPSA) is 34.4 Å². The summed E-state index contributed by atoms with van der Waals surface area (Å²) in [5.74, 6) is 0. The van der Waals surface area contributed by atoms with Crippen LogP contribution in [-0.2, 0) is 0 Å². The minimum Gasteiger partial charge on any atom is -0.268 e. The largest absolute Gasteiger partial charge is 0.268 e. The molecule has 2 aromatic heterocycles. The number of rotatable bonds is 4. The van der Waals surface area contributed by atoms with Gasteiger partial charge in [0.2, 0.25) is 0 Å². The molecule has 0 unspecified atom stereocenters. The molecule has 0 fully saturated rings. The molecule has 0 aliphatic carbocycles. The second-order valence-electron chi connectivity index (χ2n) is 11.5. The van der Waals surface area contributed by atoms with E-state index < -0.39 is 0 Å². The summed E-state index contributed by atoms with van der Waals surface area (Å²) in [7, 11) is 0. The minimum atomic E-state index is -0.0561. The van der Waals surface area contributed by atoms with E-state index in [-0.39, 0.29) is 5.56 Å². The summed E-state index contributed by atoms with van der Waals surface area (Å²) in [6, 6.07) is 54.2. The van der Waals surface area contributed by atoms with Gasteiger partial charge >= 0.3 is 0 Å². The summed E-state index contributed by atoms with van der Waals surface area (Å²) in [5.41, 5.74) is 10.8. The van der Waals surface area contributed by atoms with Crippen LogP contribution >= 0.6 is 0 Å². The van der Waals surface area contributed by atoms with Crippen molar-refractivity contribution in [2.45, 2.75) is 0 Å². The van der Waals surface area contributed by atoms with Crippen molar-refractivity contribution < 1.29 is 0 Å². The molecular formula is C42H26N2O. The van der Waals surface area contributed by atoms with Gasteiger partial charge in [-0.05, 0) is 57.0 Å². The molecule has 0 aliphatic rings. The van der Waals surface area contributed by atoms with Crippen LogP contribution in [0.3, 0.4) is 0 Å². The van der Waals surface area contributed by atoms with E-state index in [2.05, 4.69) is 109 Å². The van der Waals surface area contributed by atoms with Crippen molar-refractivity contribution in [3.05, 3.63) is 168 Å². The van der Waals surface area contributed by atoms with Gasteiger partial charge in [0.05, 0.1) is 11.0 Å². The van der Waals surface area contributed by atoms with Crippen molar-refractivity contribution in [3.8, 4) is 44.5 Å². The van der Waals surface area contributed by atoms with Crippen molar-refractivity contribution in [2.75, 3.05) is 0 Å². The Bertz CT molecular complexity index is 2570. The van der Waals surface area contributed by atoms with E-state index in [4.69, 9.17) is 4.98 Å². The lowest BCUT2D eigenvalue weighted by molar-refractivity contribution is 1.19. The first kappa shape index (κ1) is 25.4. The van der Waals surface area contributed by atoms with Gasteiger partial charge in [-0.15, -0.1) is 0 Å². The normalized spacial score (nSPS) is 11.6. The second-order valence-corrected chi connectivity index (χ2v) is 11.5. The lowest BCUT2D eigenvalue weighted by Gasteiger charge is -2.16. The number of pyridine rings is 1. The summed E-state index contributed by atoms with van der Waals surface area (Å²) < 4.78 is 1.86. The molecule has 45 heavy (non-hydrogen) atoms. The number of benzene rings is 7. The molecule has 0 amide bonds. The first-order chi connectivity index (χ1) is 22.3. The molecule has 0 N–H and O–H groups in total. The van der Waals surface area contributed by atoms with E-state index in [9.17, 15) is 4.79 Å². The van der Waals surface area contributed by atoms with Gasteiger partial charge in [-0.2, -0.15) is 0 Å². The number of imidazole rings is 1.